The first-order chi connectivity index (χ1) is 11.8. The molecular weight excluding hydrogens is 316 g/mol. The van der Waals surface area contributed by atoms with Crippen molar-refractivity contribution in [1.82, 2.24) is 20.6 Å². The van der Waals surface area contributed by atoms with Crippen molar-refractivity contribution in [1.29, 1.82) is 0 Å². The molecule has 4 rings (SSSR count). The van der Waals surface area contributed by atoms with Gasteiger partial charge in [-0.05, 0) is 54.9 Å². The summed E-state index contributed by atoms with van der Waals surface area (Å²) in [6.45, 7) is 10.8. The van der Waals surface area contributed by atoms with E-state index in [1.165, 1.54) is 5.56 Å². The summed E-state index contributed by atoms with van der Waals surface area (Å²) < 4.78 is 9.97. The third-order valence-corrected chi connectivity index (χ3v) is 4.86. The molecule has 0 atom stereocenters. The molecular formula is C19H20N4O2. The average molecular weight is 336 g/mol. The Morgan fingerprint density at radius 1 is 0.720 bits per heavy atom. The van der Waals surface area contributed by atoms with E-state index in [1.807, 2.05) is 18.2 Å². The van der Waals surface area contributed by atoms with Gasteiger partial charge in [0.05, 0.1) is 0 Å². The number of benzene rings is 2. The van der Waals surface area contributed by atoms with Crippen LogP contribution < -0.4 is 0 Å². The molecule has 0 radical (unpaired) electrons. The lowest BCUT2D eigenvalue weighted by molar-refractivity contribution is 0.314. The molecule has 0 fully saturated rings. The fourth-order valence-electron chi connectivity index (χ4n) is 3.25. The van der Waals surface area contributed by atoms with Crippen LogP contribution >= 0.6 is 0 Å². The standard InChI is InChI=1S/C19H20N4O2/c1-18(2,3)11-9-13(17-15(10-11)21-25-23-17)19(4,5)12-7-6-8-14-16(12)22-24-20-14/h6-10H,1-5H3. The van der Waals surface area contributed by atoms with Gasteiger partial charge in [0.15, 0.2) is 0 Å². The van der Waals surface area contributed by atoms with E-state index in [9.17, 15) is 0 Å². The van der Waals surface area contributed by atoms with Gasteiger partial charge in [0.25, 0.3) is 0 Å². The van der Waals surface area contributed by atoms with Gasteiger partial charge in [-0.2, -0.15) is 0 Å². The number of hydrogen-bond acceptors (Lipinski definition) is 6. The lowest BCUT2D eigenvalue weighted by Gasteiger charge is -2.28. The largest absolute Gasteiger partial charge is 0.243 e. The molecule has 0 saturated carbocycles. The maximum atomic E-state index is 5.03. The van der Waals surface area contributed by atoms with Crippen LogP contribution in [0.15, 0.2) is 39.6 Å². The fourth-order valence-corrected chi connectivity index (χ4v) is 3.25. The third-order valence-electron chi connectivity index (χ3n) is 4.86. The van der Waals surface area contributed by atoms with E-state index < -0.39 is 0 Å². The minimum absolute atomic E-state index is 0.0145. The summed E-state index contributed by atoms with van der Waals surface area (Å²) in [5, 5.41) is 16.3. The van der Waals surface area contributed by atoms with Crippen LogP contribution in [0.2, 0.25) is 0 Å². The average Bonchev–Trinajstić information content (AvgIpc) is 3.20. The SMILES string of the molecule is CC(C)(C)c1cc(C(C)(C)c2cccc3nonc23)c2nonc2c1. The molecule has 0 spiro atoms. The van der Waals surface area contributed by atoms with Crippen LogP contribution in [0.4, 0.5) is 0 Å². The summed E-state index contributed by atoms with van der Waals surface area (Å²) in [4.78, 5) is 0. The van der Waals surface area contributed by atoms with Crippen molar-refractivity contribution < 1.29 is 9.26 Å². The van der Waals surface area contributed by atoms with Gasteiger partial charge in [-0.15, -0.1) is 0 Å². The molecule has 4 aromatic rings. The van der Waals surface area contributed by atoms with Crippen LogP contribution in [-0.4, -0.2) is 20.6 Å². The molecule has 2 heterocycles. The second-order valence-electron chi connectivity index (χ2n) is 7.97. The molecule has 2 aromatic heterocycles. The highest BCUT2D eigenvalue weighted by Crippen LogP contribution is 2.40. The van der Waals surface area contributed by atoms with Gasteiger partial charge in [0.1, 0.15) is 22.1 Å². The fraction of sp³-hybridized carbons (Fsp3) is 0.368. The van der Waals surface area contributed by atoms with Gasteiger partial charge in [0.2, 0.25) is 0 Å². The second-order valence-corrected chi connectivity index (χ2v) is 7.97. The molecule has 0 saturated heterocycles. The van der Waals surface area contributed by atoms with Gasteiger partial charge >= 0.3 is 0 Å². The molecule has 0 N–H and O–H groups in total. The van der Waals surface area contributed by atoms with Crippen molar-refractivity contribution >= 4 is 22.1 Å². The predicted molar refractivity (Wildman–Crippen MR) is 94.4 cm³/mol. The van der Waals surface area contributed by atoms with E-state index in [-0.39, 0.29) is 10.8 Å². The minimum Gasteiger partial charge on any atom is -0.243 e. The quantitative estimate of drug-likeness (QED) is 0.540. The summed E-state index contributed by atoms with van der Waals surface area (Å²) in [5.41, 5.74) is 5.91. The predicted octanol–water partition coefficient (Wildman–Crippen LogP) is 4.38. The first-order valence-electron chi connectivity index (χ1n) is 8.27. The highest BCUT2D eigenvalue weighted by molar-refractivity contribution is 5.84. The third kappa shape index (κ3) is 2.40. The highest BCUT2D eigenvalue weighted by atomic mass is 16.6. The van der Waals surface area contributed by atoms with Crippen molar-refractivity contribution in [2.75, 3.05) is 0 Å². The van der Waals surface area contributed by atoms with Crippen LogP contribution in [0.3, 0.4) is 0 Å². The van der Waals surface area contributed by atoms with E-state index in [0.717, 1.165) is 33.2 Å². The normalized spacial score (nSPS) is 13.0. The smallest absolute Gasteiger partial charge is 0.139 e. The van der Waals surface area contributed by atoms with Crippen molar-refractivity contribution in [3.8, 4) is 0 Å². The molecule has 6 nitrogen and oxygen atoms in total. The van der Waals surface area contributed by atoms with E-state index in [0.29, 0.717) is 0 Å². The zero-order valence-corrected chi connectivity index (χ0v) is 15.0. The van der Waals surface area contributed by atoms with Gasteiger partial charge in [0, 0.05) is 5.41 Å². The van der Waals surface area contributed by atoms with E-state index in [1.54, 1.807) is 0 Å². The van der Waals surface area contributed by atoms with E-state index in [4.69, 9.17) is 9.26 Å². The van der Waals surface area contributed by atoms with Crippen LogP contribution in [0.5, 0.6) is 0 Å². The Balaban J connectivity index is 2.02. The van der Waals surface area contributed by atoms with E-state index >= 15 is 0 Å². The van der Waals surface area contributed by atoms with E-state index in [2.05, 4.69) is 67.4 Å². The summed E-state index contributed by atoms with van der Waals surface area (Å²) in [6, 6.07) is 10.2. The first kappa shape index (κ1) is 15.7. The first-order valence-corrected chi connectivity index (χ1v) is 8.27. The van der Waals surface area contributed by atoms with Crippen molar-refractivity contribution in [2.45, 2.75) is 45.4 Å². The molecule has 0 aliphatic carbocycles. The Hall–Kier alpha value is -2.76. The van der Waals surface area contributed by atoms with Crippen LogP contribution in [-0.2, 0) is 10.8 Å². The van der Waals surface area contributed by atoms with Gasteiger partial charge < -0.3 is 0 Å². The van der Waals surface area contributed by atoms with Gasteiger partial charge in [-0.1, -0.05) is 52.8 Å². The van der Waals surface area contributed by atoms with Crippen LogP contribution in [0.25, 0.3) is 22.1 Å². The second kappa shape index (κ2) is 5.12. The molecule has 6 heteroatoms. The zero-order chi connectivity index (χ0) is 17.8. The minimum atomic E-state index is -0.379. The monoisotopic (exact) mass is 336 g/mol. The summed E-state index contributed by atoms with van der Waals surface area (Å²) in [5.74, 6) is 0. The Morgan fingerprint density at radius 2 is 1.36 bits per heavy atom. The van der Waals surface area contributed by atoms with Gasteiger partial charge in [-0.25, -0.2) is 9.26 Å². The van der Waals surface area contributed by atoms with Crippen molar-refractivity contribution in [3.63, 3.8) is 0 Å². The molecule has 0 amide bonds. The van der Waals surface area contributed by atoms with Crippen LogP contribution in [0, 0.1) is 0 Å². The molecule has 0 unspecified atom stereocenters. The lowest BCUT2D eigenvalue weighted by atomic mass is 9.74. The number of hydrogen-bond donors (Lipinski definition) is 0. The molecule has 0 bridgehead atoms. The topological polar surface area (TPSA) is 77.8 Å². The molecule has 0 aliphatic heterocycles. The Morgan fingerprint density at radius 3 is 2.04 bits per heavy atom. The number of rotatable bonds is 2. The van der Waals surface area contributed by atoms with Crippen molar-refractivity contribution in [3.05, 3.63) is 47.0 Å². The maximum Gasteiger partial charge on any atom is 0.139 e. The Labute approximate surface area is 145 Å². The summed E-state index contributed by atoms with van der Waals surface area (Å²) in [6.07, 6.45) is 0. The number of aromatic nitrogens is 4. The molecule has 0 aliphatic rings. The Kier molecular flexibility index (Phi) is 3.22. The summed E-state index contributed by atoms with van der Waals surface area (Å²) >= 11 is 0. The molecule has 2 aromatic carbocycles. The number of nitrogens with zero attached hydrogens (tertiary/aromatic N) is 4. The van der Waals surface area contributed by atoms with Crippen LogP contribution in [0.1, 0.15) is 51.3 Å². The summed E-state index contributed by atoms with van der Waals surface area (Å²) in [7, 11) is 0. The number of fused-ring (bicyclic) bond motifs is 2. The maximum absolute atomic E-state index is 5.03. The van der Waals surface area contributed by atoms with Crippen molar-refractivity contribution in [2.24, 2.45) is 0 Å². The zero-order valence-electron chi connectivity index (χ0n) is 15.0. The van der Waals surface area contributed by atoms with Gasteiger partial charge in [-0.3, -0.25) is 0 Å². The molecule has 128 valence electrons. The highest BCUT2D eigenvalue weighted by Gasteiger charge is 2.32. The Bertz CT molecular complexity index is 1070. The molecule has 25 heavy (non-hydrogen) atoms. The lowest BCUT2D eigenvalue weighted by Crippen LogP contribution is -2.22.